The molecular formula is C18H17ClN2O2S2. The van der Waals surface area contributed by atoms with Crippen molar-refractivity contribution in [2.75, 3.05) is 6.79 Å². The van der Waals surface area contributed by atoms with Gasteiger partial charge in [0.05, 0.1) is 11.1 Å². The van der Waals surface area contributed by atoms with Crippen LogP contribution in [0.5, 0.6) is 11.5 Å². The van der Waals surface area contributed by atoms with E-state index in [4.69, 9.17) is 21.1 Å². The van der Waals surface area contributed by atoms with Gasteiger partial charge in [-0.3, -0.25) is 0 Å². The van der Waals surface area contributed by atoms with Crippen LogP contribution in [0.15, 0.2) is 35.0 Å². The number of fused-ring (bicyclic) bond motifs is 1. The lowest BCUT2D eigenvalue weighted by atomic mass is 10.1. The number of nitrogens with zero attached hydrogens (tertiary/aromatic N) is 1. The first-order chi connectivity index (χ1) is 12.2. The molecule has 3 heterocycles. The van der Waals surface area contributed by atoms with Gasteiger partial charge in [-0.15, -0.1) is 22.7 Å². The third kappa shape index (κ3) is 3.82. The Bertz CT molecular complexity index is 864. The number of rotatable bonds is 6. The van der Waals surface area contributed by atoms with Gasteiger partial charge in [0.1, 0.15) is 5.01 Å². The molecule has 0 spiro atoms. The molecule has 25 heavy (non-hydrogen) atoms. The average Bonchev–Trinajstić information content (AvgIpc) is 3.32. The van der Waals surface area contributed by atoms with Crippen molar-refractivity contribution in [1.29, 1.82) is 0 Å². The first-order valence-electron chi connectivity index (χ1n) is 7.95. The summed E-state index contributed by atoms with van der Waals surface area (Å²) in [5.74, 6) is 1.35. The highest BCUT2D eigenvalue weighted by atomic mass is 35.5. The van der Waals surface area contributed by atoms with Crippen LogP contribution < -0.4 is 14.8 Å². The molecule has 0 aliphatic carbocycles. The molecule has 3 aromatic rings. The number of thiophene rings is 1. The van der Waals surface area contributed by atoms with E-state index in [0.717, 1.165) is 22.7 Å². The summed E-state index contributed by atoms with van der Waals surface area (Å²) >= 11 is 9.75. The fraction of sp³-hybridized carbons (Fsp3) is 0.278. The molecule has 7 heteroatoms. The maximum atomic E-state index is 6.28. The summed E-state index contributed by atoms with van der Waals surface area (Å²) in [7, 11) is 0. The van der Waals surface area contributed by atoms with E-state index in [9.17, 15) is 0 Å². The molecule has 1 aromatic carbocycles. The minimum absolute atomic E-state index is 0.168. The molecule has 0 saturated heterocycles. The van der Waals surface area contributed by atoms with Crippen LogP contribution in [-0.2, 0) is 13.0 Å². The Balaban J connectivity index is 1.52. The number of thiazole rings is 1. The summed E-state index contributed by atoms with van der Waals surface area (Å²) in [6.45, 7) is 2.94. The van der Waals surface area contributed by atoms with E-state index in [1.54, 1.807) is 22.7 Å². The van der Waals surface area contributed by atoms with Gasteiger partial charge in [0.2, 0.25) is 6.79 Å². The standard InChI is InChI=1S/C18H17ClN2O2S2/c1-11-9-25-18(21-11)15(7-13-3-2-4-24-13)20-8-12-5-14(19)17-16(6-12)22-10-23-17/h2-6,9,15,20H,7-8,10H2,1H3. The molecule has 1 unspecified atom stereocenters. The fourth-order valence-corrected chi connectivity index (χ4v) is 4.68. The molecule has 2 aromatic heterocycles. The summed E-state index contributed by atoms with van der Waals surface area (Å²) in [6.07, 6.45) is 0.920. The highest BCUT2D eigenvalue weighted by Gasteiger charge is 2.20. The molecular weight excluding hydrogens is 376 g/mol. The molecule has 1 aliphatic rings. The maximum Gasteiger partial charge on any atom is 0.231 e. The normalized spacial score (nSPS) is 14.0. The Hall–Kier alpha value is -1.60. The van der Waals surface area contributed by atoms with Crippen molar-refractivity contribution in [3.8, 4) is 11.5 Å². The van der Waals surface area contributed by atoms with E-state index < -0.39 is 0 Å². The fourth-order valence-electron chi connectivity index (χ4n) is 2.77. The molecule has 4 nitrogen and oxygen atoms in total. The van der Waals surface area contributed by atoms with Gasteiger partial charge in [0, 0.05) is 28.9 Å². The van der Waals surface area contributed by atoms with E-state index >= 15 is 0 Å². The van der Waals surface area contributed by atoms with Crippen molar-refractivity contribution in [3.63, 3.8) is 0 Å². The van der Waals surface area contributed by atoms with Crippen molar-refractivity contribution in [3.05, 3.63) is 61.2 Å². The third-order valence-corrected chi connectivity index (χ3v) is 6.22. The molecule has 4 rings (SSSR count). The van der Waals surface area contributed by atoms with Crippen LogP contribution in [0.1, 0.15) is 27.2 Å². The van der Waals surface area contributed by atoms with Crippen LogP contribution in [-0.4, -0.2) is 11.8 Å². The van der Waals surface area contributed by atoms with E-state index in [1.807, 2.05) is 19.1 Å². The Morgan fingerprint density at radius 2 is 2.24 bits per heavy atom. The molecule has 1 N–H and O–H groups in total. The molecule has 130 valence electrons. The Morgan fingerprint density at radius 1 is 1.32 bits per heavy atom. The van der Waals surface area contributed by atoms with Crippen LogP contribution >= 0.6 is 34.3 Å². The smallest absolute Gasteiger partial charge is 0.231 e. The zero-order valence-electron chi connectivity index (χ0n) is 13.6. The van der Waals surface area contributed by atoms with E-state index in [0.29, 0.717) is 23.1 Å². The summed E-state index contributed by atoms with van der Waals surface area (Å²) < 4.78 is 10.8. The topological polar surface area (TPSA) is 43.4 Å². The number of halogens is 1. The Morgan fingerprint density at radius 3 is 3.00 bits per heavy atom. The highest BCUT2D eigenvalue weighted by molar-refractivity contribution is 7.10. The summed E-state index contributed by atoms with van der Waals surface area (Å²) in [5, 5.41) is 9.52. The predicted octanol–water partition coefficient (Wildman–Crippen LogP) is 4.97. The van der Waals surface area contributed by atoms with Crippen LogP contribution in [0.4, 0.5) is 0 Å². The summed E-state index contributed by atoms with van der Waals surface area (Å²) in [5.41, 5.74) is 2.13. The van der Waals surface area contributed by atoms with Gasteiger partial charge in [0.25, 0.3) is 0 Å². The molecule has 0 radical (unpaired) electrons. The number of benzene rings is 1. The number of ether oxygens (including phenoxy) is 2. The largest absolute Gasteiger partial charge is 0.454 e. The van der Waals surface area contributed by atoms with Crippen LogP contribution in [0.2, 0.25) is 5.02 Å². The van der Waals surface area contributed by atoms with Crippen LogP contribution in [0.3, 0.4) is 0 Å². The van der Waals surface area contributed by atoms with Gasteiger partial charge in [-0.25, -0.2) is 4.98 Å². The van der Waals surface area contributed by atoms with E-state index in [1.165, 1.54) is 4.88 Å². The average molecular weight is 393 g/mol. The minimum atomic E-state index is 0.168. The van der Waals surface area contributed by atoms with Crippen molar-refractivity contribution in [2.24, 2.45) is 0 Å². The van der Waals surface area contributed by atoms with Gasteiger partial charge in [-0.05, 0) is 36.1 Å². The van der Waals surface area contributed by atoms with E-state index in [2.05, 4.69) is 33.2 Å². The minimum Gasteiger partial charge on any atom is -0.454 e. The van der Waals surface area contributed by atoms with Crippen LogP contribution in [0.25, 0.3) is 0 Å². The zero-order chi connectivity index (χ0) is 17.2. The molecule has 1 aliphatic heterocycles. The first kappa shape index (κ1) is 16.8. The van der Waals surface area contributed by atoms with Crippen molar-refractivity contribution in [2.45, 2.75) is 25.9 Å². The SMILES string of the molecule is Cc1csc(C(Cc2cccs2)NCc2cc(Cl)c3c(c2)OCO3)n1. The first-order valence-corrected chi connectivity index (χ1v) is 10.1. The molecule has 1 atom stereocenters. The molecule has 0 amide bonds. The second-order valence-electron chi connectivity index (χ2n) is 5.86. The second-order valence-corrected chi connectivity index (χ2v) is 8.18. The maximum absolute atomic E-state index is 6.28. The van der Waals surface area contributed by atoms with Gasteiger partial charge in [-0.1, -0.05) is 17.7 Å². The predicted molar refractivity (Wildman–Crippen MR) is 102 cm³/mol. The monoisotopic (exact) mass is 392 g/mol. The number of aryl methyl sites for hydroxylation is 1. The van der Waals surface area contributed by atoms with E-state index in [-0.39, 0.29) is 12.8 Å². The zero-order valence-corrected chi connectivity index (χ0v) is 16.0. The number of hydrogen-bond acceptors (Lipinski definition) is 6. The number of nitrogens with one attached hydrogen (secondary N) is 1. The Labute approximate surface area is 159 Å². The molecule has 0 bridgehead atoms. The summed E-state index contributed by atoms with van der Waals surface area (Å²) in [4.78, 5) is 6.01. The number of aromatic nitrogens is 1. The summed E-state index contributed by atoms with van der Waals surface area (Å²) in [6, 6.07) is 8.33. The second kappa shape index (κ2) is 7.33. The molecule has 0 saturated carbocycles. The number of hydrogen-bond donors (Lipinski definition) is 1. The third-order valence-electron chi connectivity index (χ3n) is 3.96. The lowest BCUT2D eigenvalue weighted by Gasteiger charge is -2.16. The molecule has 0 fully saturated rings. The Kier molecular flexibility index (Phi) is 4.94. The van der Waals surface area contributed by atoms with Gasteiger partial charge in [-0.2, -0.15) is 0 Å². The highest BCUT2D eigenvalue weighted by Crippen LogP contribution is 2.40. The van der Waals surface area contributed by atoms with Gasteiger partial charge in [0.15, 0.2) is 11.5 Å². The van der Waals surface area contributed by atoms with Crippen molar-refractivity contribution >= 4 is 34.3 Å². The lowest BCUT2D eigenvalue weighted by molar-refractivity contribution is 0.174. The van der Waals surface area contributed by atoms with Crippen LogP contribution in [0, 0.1) is 6.92 Å². The lowest BCUT2D eigenvalue weighted by Crippen LogP contribution is -2.22. The van der Waals surface area contributed by atoms with Crippen molar-refractivity contribution < 1.29 is 9.47 Å². The van der Waals surface area contributed by atoms with Gasteiger partial charge < -0.3 is 14.8 Å². The van der Waals surface area contributed by atoms with Crippen molar-refractivity contribution in [1.82, 2.24) is 10.3 Å². The van der Waals surface area contributed by atoms with Gasteiger partial charge >= 0.3 is 0 Å². The quantitative estimate of drug-likeness (QED) is 0.643.